The van der Waals surface area contributed by atoms with Gasteiger partial charge in [0.25, 0.3) is 5.91 Å². The monoisotopic (exact) mass is 286 g/mol. The van der Waals surface area contributed by atoms with E-state index in [-0.39, 0.29) is 11.6 Å². The first-order valence-corrected chi connectivity index (χ1v) is 5.91. The van der Waals surface area contributed by atoms with Crippen LogP contribution in [-0.4, -0.2) is 25.0 Å². The molecule has 1 unspecified atom stereocenters. The molecule has 1 aromatic carbocycles. The van der Waals surface area contributed by atoms with E-state index in [1.165, 1.54) is 7.11 Å². The van der Waals surface area contributed by atoms with Gasteiger partial charge < -0.3 is 15.8 Å². The number of esters is 1. The van der Waals surface area contributed by atoms with Crippen LogP contribution in [-0.2, 0) is 9.53 Å². The van der Waals surface area contributed by atoms with Crippen LogP contribution in [0, 0.1) is 17.6 Å². The van der Waals surface area contributed by atoms with Crippen LogP contribution in [0.5, 0.6) is 0 Å². The topological polar surface area (TPSA) is 81.4 Å². The predicted octanol–water partition coefficient (Wildman–Crippen LogP) is 1.47. The largest absolute Gasteiger partial charge is 0.467 e. The fraction of sp³-hybridized carbons (Fsp3) is 0.385. The van der Waals surface area contributed by atoms with Gasteiger partial charge in [-0.05, 0) is 12.0 Å². The van der Waals surface area contributed by atoms with Crippen molar-refractivity contribution in [3.8, 4) is 0 Å². The molecule has 7 heteroatoms. The predicted molar refractivity (Wildman–Crippen MR) is 68.9 cm³/mol. The van der Waals surface area contributed by atoms with Gasteiger partial charge in [0.05, 0.1) is 18.4 Å². The van der Waals surface area contributed by atoms with Crippen molar-refractivity contribution in [1.29, 1.82) is 0 Å². The molecule has 5 nitrogen and oxygen atoms in total. The van der Waals surface area contributed by atoms with Gasteiger partial charge >= 0.3 is 5.97 Å². The summed E-state index contributed by atoms with van der Waals surface area (Å²) < 4.78 is 31.1. The lowest BCUT2D eigenvalue weighted by Gasteiger charge is -2.20. The van der Waals surface area contributed by atoms with Crippen LogP contribution in [0.1, 0.15) is 24.2 Å². The van der Waals surface area contributed by atoms with Crippen molar-refractivity contribution in [3.05, 3.63) is 29.3 Å². The number of methoxy groups -OCH3 is 1. The third kappa shape index (κ3) is 3.43. The molecule has 20 heavy (non-hydrogen) atoms. The molecule has 0 aromatic heterocycles. The summed E-state index contributed by atoms with van der Waals surface area (Å²) in [5, 5.41) is 2.34. The third-order valence-electron chi connectivity index (χ3n) is 2.74. The Morgan fingerprint density at radius 3 is 2.35 bits per heavy atom. The second-order valence-corrected chi connectivity index (χ2v) is 4.57. The Labute approximate surface area is 115 Å². The van der Waals surface area contributed by atoms with Crippen molar-refractivity contribution in [2.45, 2.75) is 19.9 Å². The molecule has 1 amide bonds. The number of hydrogen-bond acceptors (Lipinski definition) is 4. The number of rotatable bonds is 4. The summed E-state index contributed by atoms with van der Waals surface area (Å²) in [6, 6.07) is 0.472. The quantitative estimate of drug-likeness (QED) is 0.649. The number of benzene rings is 1. The van der Waals surface area contributed by atoms with E-state index in [1.807, 2.05) is 0 Å². The number of ether oxygens (including phenoxy) is 1. The van der Waals surface area contributed by atoms with Crippen molar-refractivity contribution in [1.82, 2.24) is 5.32 Å². The molecule has 0 aliphatic rings. The minimum Gasteiger partial charge on any atom is -0.467 e. The summed E-state index contributed by atoms with van der Waals surface area (Å²) in [5.74, 6) is -3.77. The Bertz CT molecular complexity index is 533. The second kappa shape index (κ2) is 6.31. The third-order valence-corrected chi connectivity index (χ3v) is 2.74. The van der Waals surface area contributed by atoms with E-state index >= 15 is 0 Å². The molecule has 0 aliphatic carbocycles. The van der Waals surface area contributed by atoms with Crippen LogP contribution in [0.25, 0.3) is 0 Å². The van der Waals surface area contributed by atoms with E-state index in [2.05, 4.69) is 10.1 Å². The molecule has 0 aliphatic heterocycles. The summed E-state index contributed by atoms with van der Waals surface area (Å²) in [5.41, 5.74) is 4.51. The van der Waals surface area contributed by atoms with Gasteiger partial charge in [-0.2, -0.15) is 0 Å². The van der Waals surface area contributed by atoms with Crippen LogP contribution in [0.3, 0.4) is 0 Å². The fourth-order valence-corrected chi connectivity index (χ4v) is 1.58. The van der Waals surface area contributed by atoms with Crippen molar-refractivity contribution < 1.29 is 23.1 Å². The highest BCUT2D eigenvalue weighted by molar-refractivity contribution is 5.97. The molecule has 1 atom stereocenters. The van der Waals surface area contributed by atoms with E-state index in [4.69, 9.17) is 5.73 Å². The minimum atomic E-state index is -1.05. The molecule has 1 rings (SSSR count). The number of nitrogen functional groups attached to an aromatic ring is 1. The number of anilines is 1. The maximum Gasteiger partial charge on any atom is 0.328 e. The Balaban J connectivity index is 3.01. The van der Waals surface area contributed by atoms with Gasteiger partial charge in [0, 0.05) is 6.07 Å². The Kier molecular flexibility index (Phi) is 5.01. The van der Waals surface area contributed by atoms with E-state index < -0.39 is 35.1 Å². The average molecular weight is 286 g/mol. The van der Waals surface area contributed by atoms with Gasteiger partial charge in [0.15, 0.2) is 0 Å². The molecule has 1 aromatic rings. The number of nitrogens with two attached hydrogens (primary N) is 1. The number of halogens is 2. The summed E-state index contributed by atoms with van der Waals surface area (Å²) in [4.78, 5) is 23.4. The standard InChI is InChI=1S/C13H16F2N2O3/c1-6(2)11(13(19)20-3)17-12(18)7-4-10(16)9(15)5-8(7)14/h4-6,11H,16H2,1-3H3,(H,17,18). The summed E-state index contributed by atoms with van der Waals surface area (Å²) in [6.07, 6.45) is 0. The minimum absolute atomic E-state index is 0.257. The van der Waals surface area contributed by atoms with Crippen LogP contribution in [0.2, 0.25) is 0 Å². The van der Waals surface area contributed by atoms with Crippen molar-refractivity contribution in [2.24, 2.45) is 5.92 Å². The number of nitrogens with one attached hydrogen (secondary N) is 1. The first-order chi connectivity index (χ1) is 9.27. The van der Waals surface area contributed by atoms with Gasteiger partial charge in [0.1, 0.15) is 17.7 Å². The van der Waals surface area contributed by atoms with E-state index in [0.717, 1.165) is 6.07 Å². The smallest absolute Gasteiger partial charge is 0.328 e. The molecule has 0 saturated carbocycles. The number of carbonyl (C=O) groups excluding carboxylic acids is 2. The first-order valence-electron chi connectivity index (χ1n) is 5.91. The molecule has 110 valence electrons. The SMILES string of the molecule is COC(=O)C(NC(=O)c1cc(N)c(F)cc1F)C(C)C. The Morgan fingerprint density at radius 2 is 1.85 bits per heavy atom. The lowest BCUT2D eigenvalue weighted by molar-refractivity contribution is -0.144. The zero-order valence-electron chi connectivity index (χ0n) is 11.4. The molecular weight excluding hydrogens is 270 g/mol. The van der Waals surface area contributed by atoms with Crippen LogP contribution in [0.15, 0.2) is 12.1 Å². The van der Waals surface area contributed by atoms with Gasteiger partial charge in [-0.1, -0.05) is 13.8 Å². The molecule has 0 radical (unpaired) electrons. The van der Waals surface area contributed by atoms with Gasteiger partial charge in [-0.3, -0.25) is 4.79 Å². The molecule has 0 saturated heterocycles. The van der Waals surface area contributed by atoms with Crippen molar-refractivity contribution in [3.63, 3.8) is 0 Å². The lowest BCUT2D eigenvalue weighted by Crippen LogP contribution is -2.45. The van der Waals surface area contributed by atoms with Crippen LogP contribution >= 0.6 is 0 Å². The molecular formula is C13H16F2N2O3. The molecule has 3 N–H and O–H groups in total. The zero-order chi connectivity index (χ0) is 15.4. The maximum absolute atomic E-state index is 13.5. The number of amides is 1. The maximum atomic E-state index is 13.5. The first kappa shape index (κ1) is 15.9. The molecule has 0 bridgehead atoms. The Hall–Kier alpha value is -2.18. The highest BCUT2D eigenvalue weighted by atomic mass is 19.1. The second-order valence-electron chi connectivity index (χ2n) is 4.57. The molecule has 0 fully saturated rings. The van der Waals surface area contributed by atoms with Crippen LogP contribution in [0.4, 0.5) is 14.5 Å². The number of hydrogen-bond donors (Lipinski definition) is 2. The summed E-state index contributed by atoms with van der Waals surface area (Å²) in [6.45, 7) is 3.38. The fourth-order valence-electron chi connectivity index (χ4n) is 1.58. The summed E-state index contributed by atoms with van der Waals surface area (Å²) >= 11 is 0. The average Bonchev–Trinajstić information content (AvgIpc) is 2.38. The highest BCUT2D eigenvalue weighted by Crippen LogP contribution is 2.17. The van der Waals surface area contributed by atoms with Crippen molar-refractivity contribution in [2.75, 3.05) is 12.8 Å². The number of carbonyl (C=O) groups is 2. The van der Waals surface area contributed by atoms with Crippen molar-refractivity contribution >= 4 is 17.6 Å². The summed E-state index contributed by atoms with van der Waals surface area (Å²) in [7, 11) is 1.18. The van der Waals surface area contributed by atoms with E-state index in [1.54, 1.807) is 13.8 Å². The molecule has 0 spiro atoms. The lowest BCUT2D eigenvalue weighted by atomic mass is 10.0. The Morgan fingerprint density at radius 1 is 1.25 bits per heavy atom. The van der Waals surface area contributed by atoms with Gasteiger partial charge in [0.2, 0.25) is 0 Å². The zero-order valence-corrected chi connectivity index (χ0v) is 11.4. The molecule has 0 heterocycles. The van der Waals surface area contributed by atoms with E-state index in [0.29, 0.717) is 6.07 Å². The highest BCUT2D eigenvalue weighted by Gasteiger charge is 2.26. The van der Waals surface area contributed by atoms with Gasteiger partial charge in [-0.25, -0.2) is 13.6 Å². The van der Waals surface area contributed by atoms with Crippen LogP contribution < -0.4 is 11.1 Å². The van der Waals surface area contributed by atoms with Gasteiger partial charge in [-0.15, -0.1) is 0 Å². The van der Waals surface area contributed by atoms with E-state index in [9.17, 15) is 18.4 Å². The normalized spacial score (nSPS) is 12.1.